The second-order valence-corrected chi connectivity index (χ2v) is 4.95. The van der Waals surface area contributed by atoms with E-state index in [0.29, 0.717) is 0 Å². The number of hydrogen-bond donors (Lipinski definition) is 0. The van der Waals surface area contributed by atoms with Crippen molar-refractivity contribution in [3.8, 4) is 0 Å². The molecule has 16 heavy (non-hydrogen) atoms. The van der Waals surface area contributed by atoms with Crippen molar-refractivity contribution in [2.45, 2.75) is 38.6 Å². The van der Waals surface area contributed by atoms with E-state index in [-0.39, 0.29) is 5.56 Å². The van der Waals surface area contributed by atoms with Gasteiger partial charge in [0, 0.05) is 25.7 Å². The lowest BCUT2D eigenvalue weighted by molar-refractivity contribution is 0.551. The van der Waals surface area contributed by atoms with Crippen LogP contribution in [0.25, 0.3) is 0 Å². The van der Waals surface area contributed by atoms with E-state index >= 15 is 0 Å². The molecule has 0 unspecified atom stereocenters. The number of aromatic nitrogens is 1. The highest BCUT2D eigenvalue weighted by molar-refractivity contribution is 5.46. The van der Waals surface area contributed by atoms with Crippen LogP contribution in [0.1, 0.15) is 30.4 Å². The molecule has 0 spiro atoms. The Morgan fingerprint density at radius 1 is 1.12 bits per heavy atom. The van der Waals surface area contributed by atoms with E-state index in [1.54, 1.807) is 0 Å². The van der Waals surface area contributed by atoms with E-state index in [1.807, 2.05) is 4.57 Å². The molecule has 2 heterocycles. The standard InChI is InChI=1S/C13H18N2O/c1-14-7-4-8-15-12(14)9-10-5-2-3-6-11(10)13(15)16/h9H,2-8H2,1H3. The van der Waals surface area contributed by atoms with Crippen LogP contribution in [0.2, 0.25) is 0 Å². The fourth-order valence-corrected chi connectivity index (χ4v) is 2.95. The average molecular weight is 218 g/mol. The van der Waals surface area contributed by atoms with Gasteiger partial charge in [-0.15, -0.1) is 0 Å². The Hall–Kier alpha value is -1.25. The number of aryl methyl sites for hydroxylation is 1. The zero-order chi connectivity index (χ0) is 11.1. The highest BCUT2D eigenvalue weighted by atomic mass is 16.1. The van der Waals surface area contributed by atoms with Gasteiger partial charge >= 0.3 is 0 Å². The van der Waals surface area contributed by atoms with Crippen LogP contribution in [0, 0.1) is 0 Å². The van der Waals surface area contributed by atoms with Crippen LogP contribution in [-0.4, -0.2) is 18.2 Å². The van der Waals surface area contributed by atoms with E-state index in [4.69, 9.17) is 0 Å². The molecule has 3 rings (SSSR count). The summed E-state index contributed by atoms with van der Waals surface area (Å²) in [4.78, 5) is 14.5. The van der Waals surface area contributed by atoms with Crippen LogP contribution in [0.15, 0.2) is 10.9 Å². The molecule has 0 aromatic carbocycles. The third-order valence-corrected chi connectivity index (χ3v) is 3.86. The minimum Gasteiger partial charge on any atom is -0.361 e. The van der Waals surface area contributed by atoms with Gasteiger partial charge in [0.1, 0.15) is 5.82 Å². The number of nitrogens with zero attached hydrogens (tertiary/aromatic N) is 2. The van der Waals surface area contributed by atoms with Gasteiger partial charge < -0.3 is 4.90 Å². The van der Waals surface area contributed by atoms with Crippen molar-refractivity contribution in [1.82, 2.24) is 4.57 Å². The van der Waals surface area contributed by atoms with Gasteiger partial charge in [0.05, 0.1) is 0 Å². The third-order valence-electron chi connectivity index (χ3n) is 3.86. The van der Waals surface area contributed by atoms with Crippen LogP contribution >= 0.6 is 0 Å². The third kappa shape index (κ3) is 1.38. The summed E-state index contributed by atoms with van der Waals surface area (Å²) < 4.78 is 1.97. The van der Waals surface area contributed by atoms with Crippen molar-refractivity contribution in [3.05, 3.63) is 27.5 Å². The Morgan fingerprint density at radius 2 is 1.94 bits per heavy atom. The van der Waals surface area contributed by atoms with Gasteiger partial charge in [0.2, 0.25) is 0 Å². The maximum absolute atomic E-state index is 12.3. The van der Waals surface area contributed by atoms with Crippen LogP contribution < -0.4 is 10.5 Å². The van der Waals surface area contributed by atoms with Gasteiger partial charge in [0.25, 0.3) is 5.56 Å². The molecule has 0 bridgehead atoms. The van der Waals surface area contributed by atoms with Gasteiger partial charge in [-0.25, -0.2) is 0 Å². The second-order valence-electron chi connectivity index (χ2n) is 4.95. The summed E-state index contributed by atoms with van der Waals surface area (Å²) in [5, 5.41) is 0. The largest absolute Gasteiger partial charge is 0.361 e. The molecule has 1 aromatic rings. The number of pyridine rings is 1. The van der Waals surface area contributed by atoms with Crippen molar-refractivity contribution in [2.75, 3.05) is 18.5 Å². The van der Waals surface area contributed by atoms with Crippen LogP contribution in [0.3, 0.4) is 0 Å². The lowest BCUT2D eigenvalue weighted by Gasteiger charge is -2.30. The van der Waals surface area contributed by atoms with Crippen LogP contribution in [0.4, 0.5) is 5.82 Å². The monoisotopic (exact) mass is 218 g/mol. The number of fused-ring (bicyclic) bond motifs is 2. The van der Waals surface area contributed by atoms with E-state index in [2.05, 4.69) is 18.0 Å². The Labute approximate surface area is 95.7 Å². The van der Waals surface area contributed by atoms with Gasteiger partial charge in [0.15, 0.2) is 0 Å². The van der Waals surface area contributed by atoms with Crippen molar-refractivity contribution in [1.29, 1.82) is 0 Å². The van der Waals surface area contributed by atoms with Gasteiger partial charge in [-0.2, -0.15) is 0 Å². The molecule has 3 nitrogen and oxygen atoms in total. The van der Waals surface area contributed by atoms with E-state index < -0.39 is 0 Å². The van der Waals surface area contributed by atoms with Gasteiger partial charge in [-0.1, -0.05) is 0 Å². The molecule has 2 aliphatic rings. The van der Waals surface area contributed by atoms with Crippen molar-refractivity contribution in [2.24, 2.45) is 0 Å². The van der Waals surface area contributed by atoms with E-state index in [0.717, 1.165) is 43.7 Å². The molecule has 0 atom stereocenters. The molecule has 1 aromatic heterocycles. The fourth-order valence-electron chi connectivity index (χ4n) is 2.95. The van der Waals surface area contributed by atoms with Crippen LogP contribution in [-0.2, 0) is 19.4 Å². The maximum atomic E-state index is 12.3. The lowest BCUT2D eigenvalue weighted by atomic mass is 9.92. The summed E-state index contributed by atoms with van der Waals surface area (Å²) in [6.07, 6.45) is 5.57. The number of hydrogen-bond acceptors (Lipinski definition) is 2. The van der Waals surface area contributed by atoms with Gasteiger partial charge in [-0.05, 0) is 43.7 Å². The summed E-state index contributed by atoms with van der Waals surface area (Å²) in [6.45, 7) is 1.96. The SMILES string of the molecule is CN1CCCn2c1cc1c(c2=O)CCCC1. The van der Waals surface area contributed by atoms with Crippen molar-refractivity contribution >= 4 is 5.82 Å². The normalized spacial score (nSPS) is 19.2. The summed E-state index contributed by atoms with van der Waals surface area (Å²) in [5.74, 6) is 1.12. The molecule has 0 saturated heterocycles. The summed E-state index contributed by atoms with van der Waals surface area (Å²) in [5.41, 5.74) is 2.67. The van der Waals surface area contributed by atoms with Gasteiger partial charge in [-0.3, -0.25) is 9.36 Å². The first-order valence-corrected chi connectivity index (χ1v) is 6.24. The molecule has 3 heteroatoms. The maximum Gasteiger partial charge on any atom is 0.255 e. The molecular formula is C13H18N2O. The Bertz CT molecular complexity index is 476. The Balaban J connectivity index is 2.22. The highest BCUT2D eigenvalue weighted by Crippen LogP contribution is 2.25. The molecular weight excluding hydrogens is 200 g/mol. The highest BCUT2D eigenvalue weighted by Gasteiger charge is 2.21. The predicted molar refractivity (Wildman–Crippen MR) is 65.2 cm³/mol. The smallest absolute Gasteiger partial charge is 0.255 e. The lowest BCUT2D eigenvalue weighted by Crippen LogP contribution is -2.37. The summed E-state index contributed by atoms with van der Waals surface area (Å²) >= 11 is 0. The zero-order valence-electron chi connectivity index (χ0n) is 9.83. The minimum absolute atomic E-state index is 0.277. The molecule has 86 valence electrons. The zero-order valence-corrected chi connectivity index (χ0v) is 9.83. The summed E-state index contributed by atoms with van der Waals surface area (Å²) in [6, 6.07) is 2.25. The average Bonchev–Trinajstić information content (AvgIpc) is 2.31. The first-order valence-electron chi connectivity index (χ1n) is 6.24. The number of rotatable bonds is 0. The summed E-state index contributed by atoms with van der Waals surface area (Å²) in [7, 11) is 2.08. The second kappa shape index (κ2) is 3.65. The predicted octanol–water partition coefficient (Wildman–Crippen LogP) is 1.57. The van der Waals surface area contributed by atoms with Crippen molar-refractivity contribution in [3.63, 3.8) is 0 Å². The molecule has 0 N–H and O–H groups in total. The molecule has 0 fully saturated rings. The van der Waals surface area contributed by atoms with Crippen molar-refractivity contribution < 1.29 is 0 Å². The number of anilines is 1. The fraction of sp³-hybridized carbons (Fsp3) is 0.615. The molecule has 1 aliphatic heterocycles. The molecule has 1 aliphatic carbocycles. The topological polar surface area (TPSA) is 25.2 Å². The quantitative estimate of drug-likeness (QED) is 0.660. The van der Waals surface area contributed by atoms with E-state index in [1.165, 1.54) is 18.4 Å². The molecule has 0 saturated carbocycles. The van der Waals surface area contributed by atoms with E-state index in [9.17, 15) is 4.79 Å². The Kier molecular flexibility index (Phi) is 2.27. The first-order chi connectivity index (χ1) is 7.77. The molecule has 0 radical (unpaired) electrons. The van der Waals surface area contributed by atoms with Crippen LogP contribution in [0.5, 0.6) is 0 Å². The minimum atomic E-state index is 0.277. The Morgan fingerprint density at radius 3 is 2.81 bits per heavy atom. The first kappa shape index (κ1) is 9.94. The molecule has 0 amide bonds.